The van der Waals surface area contributed by atoms with Gasteiger partial charge in [0.15, 0.2) is 11.6 Å². The van der Waals surface area contributed by atoms with Crippen LogP contribution in [0.4, 0.5) is 10.1 Å². The van der Waals surface area contributed by atoms with E-state index in [-0.39, 0.29) is 24.1 Å². The Labute approximate surface area is 141 Å². The highest BCUT2D eigenvalue weighted by Gasteiger charge is 2.30. The quantitative estimate of drug-likeness (QED) is 0.939. The van der Waals surface area contributed by atoms with Crippen molar-refractivity contribution in [1.82, 2.24) is 0 Å². The Morgan fingerprint density at radius 2 is 2.04 bits per heavy atom. The molecule has 1 amide bonds. The summed E-state index contributed by atoms with van der Waals surface area (Å²) < 4.78 is 19.6. The molecule has 0 aliphatic carbocycles. The Bertz CT molecular complexity index is 721. The molecular weight excluding hydrogens is 307 g/mol. The molecule has 2 aromatic carbocycles. The summed E-state index contributed by atoms with van der Waals surface area (Å²) in [6, 6.07) is 13.7. The molecule has 0 unspecified atom stereocenters. The average molecular weight is 328 g/mol. The van der Waals surface area contributed by atoms with Crippen LogP contribution in [0.5, 0.6) is 5.75 Å². The first-order valence-electron chi connectivity index (χ1n) is 8.12. The van der Waals surface area contributed by atoms with Gasteiger partial charge in [0.05, 0.1) is 12.3 Å². The number of para-hydroxylation sites is 1. The van der Waals surface area contributed by atoms with Crippen LogP contribution in [0.3, 0.4) is 0 Å². The Morgan fingerprint density at radius 1 is 1.29 bits per heavy atom. The smallest absolute Gasteiger partial charge is 0.229 e. The Balaban J connectivity index is 1.87. The van der Waals surface area contributed by atoms with Crippen molar-refractivity contribution < 1.29 is 13.9 Å². The second kappa shape index (κ2) is 7.01. The van der Waals surface area contributed by atoms with Crippen molar-refractivity contribution in [3.05, 3.63) is 59.9 Å². The van der Waals surface area contributed by atoms with Gasteiger partial charge in [0.2, 0.25) is 5.91 Å². The highest BCUT2D eigenvalue weighted by Crippen LogP contribution is 2.36. The van der Waals surface area contributed by atoms with Crippen LogP contribution < -0.4 is 15.4 Å². The number of halogens is 1. The monoisotopic (exact) mass is 328 g/mol. The van der Waals surface area contributed by atoms with Crippen LogP contribution >= 0.6 is 0 Å². The standard InChI is InChI=1S/C19H21FN2O2/c1-13-10-11-24-19-15(20)8-5-9-17(19)22(13)18(23)12-16(21)14-6-3-2-4-7-14/h2-9,13,16H,10-12,21H2,1H3/t13-,16+/m1/s1. The van der Waals surface area contributed by atoms with E-state index >= 15 is 0 Å². The molecule has 2 aromatic rings. The molecule has 0 bridgehead atoms. The fraction of sp³-hybridized carbons (Fsp3) is 0.316. The maximum Gasteiger partial charge on any atom is 0.229 e. The summed E-state index contributed by atoms with van der Waals surface area (Å²) in [6.45, 7) is 2.32. The van der Waals surface area contributed by atoms with E-state index < -0.39 is 11.9 Å². The average Bonchev–Trinajstić information content (AvgIpc) is 2.75. The molecule has 1 heterocycles. The van der Waals surface area contributed by atoms with E-state index in [0.29, 0.717) is 18.7 Å². The molecule has 1 aliphatic rings. The van der Waals surface area contributed by atoms with Gasteiger partial charge in [-0.25, -0.2) is 4.39 Å². The molecule has 24 heavy (non-hydrogen) atoms. The van der Waals surface area contributed by atoms with Crippen LogP contribution in [-0.2, 0) is 4.79 Å². The number of anilines is 1. The van der Waals surface area contributed by atoms with E-state index in [4.69, 9.17) is 10.5 Å². The molecule has 0 saturated heterocycles. The maximum atomic E-state index is 14.1. The van der Waals surface area contributed by atoms with Crippen molar-refractivity contribution in [1.29, 1.82) is 0 Å². The van der Waals surface area contributed by atoms with Crippen molar-refractivity contribution in [3.63, 3.8) is 0 Å². The molecule has 126 valence electrons. The normalized spacial score (nSPS) is 18.3. The molecule has 0 saturated carbocycles. The summed E-state index contributed by atoms with van der Waals surface area (Å²) >= 11 is 0. The number of amides is 1. The third kappa shape index (κ3) is 3.26. The van der Waals surface area contributed by atoms with Crippen molar-refractivity contribution in [2.75, 3.05) is 11.5 Å². The van der Waals surface area contributed by atoms with Crippen LogP contribution in [-0.4, -0.2) is 18.6 Å². The summed E-state index contributed by atoms with van der Waals surface area (Å²) in [5.74, 6) is -0.438. The summed E-state index contributed by atoms with van der Waals surface area (Å²) in [7, 11) is 0. The van der Waals surface area contributed by atoms with Crippen LogP contribution in [0.15, 0.2) is 48.5 Å². The highest BCUT2D eigenvalue weighted by atomic mass is 19.1. The molecule has 0 spiro atoms. The Kier molecular flexibility index (Phi) is 4.81. The molecule has 4 nitrogen and oxygen atoms in total. The number of nitrogens with zero attached hydrogens (tertiary/aromatic N) is 1. The Hall–Kier alpha value is -2.40. The second-order valence-electron chi connectivity index (χ2n) is 6.06. The molecule has 1 aliphatic heterocycles. The highest BCUT2D eigenvalue weighted by molar-refractivity contribution is 5.96. The predicted molar refractivity (Wildman–Crippen MR) is 91.4 cm³/mol. The Morgan fingerprint density at radius 3 is 2.79 bits per heavy atom. The van der Waals surface area contributed by atoms with E-state index in [1.807, 2.05) is 37.3 Å². The van der Waals surface area contributed by atoms with E-state index in [2.05, 4.69) is 0 Å². The van der Waals surface area contributed by atoms with E-state index in [1.165, 1.54) is 6.07 Å². The first kappa shape index (κ1) is 16.5. The van der Waals surface area contributed by atoms with E-state index in [0.717, 1.165) is 5.56 Å². The first-order valence-corrected chi connectivity index (χ1v) is 8.12. The van der Waals surface area contributed by atoms with Gasteiger partial charge in [-0.3, -0.25) is 4.79 Å². The van der Waals surface area contributed by atoms with Gasteiger partial charge in [0.25, 0.3) is 0 Å². The summed E-state index contributed by atoms with van der Waals surface area (Å²) in [5.41, 5.74) is 7.57. The minimum Gasteiger partial charge on any atom is -0.488 e. The third-order valence-corrected chi connectivity index (χ3v) is 4.32. The van der Waals surface area contributed by atoms with Gasteiger partial charge >= 0.3 is 0 Å². The lowest BCUT2D eigenvalue weighted by Gasteiger charge is -2.28. The molecule has 5 heteroatoms. The summed E-state index contributed by atoms with van der Waals surface area (Å²) in [5, 5.41) is 0. The van der Waals surface area contributed by atoms with Gasteiger partial charge in [-0.1, -0.05) is 36.4 Å². The van der Waals surface area contributed by atoms with Crippen LogP contribution in [0.25, 0.3) is 0 Å². The number of nitrogens with two attached hydrogens (primary N) is 1. The summed E-state index contributed by atoms with van der Waals surface area (Å²) in [4.78, 5) is 14.5. The maximum absolute atomic E-state index is 14.1. The molecule has 3 rings (SSSR count). The number of ether oxygens (including phenoxy) is 1. The van der Waals surface area contributed by atoms with Crippen molar-refractivity contribution in [2.45, 2.75) is 31.8 Å². The topological polar surface area (TPSA) is 55.6 Å². The lowest BCUT2D eigenvalue weighted by Crippen LogP contribution is -2.39. The SMILES string of the molecule is C[C@@H]1CCOc2c(F)cccc2N1C(=O)C[C@H](N)c1ccccc1. The number of carbonyl (C=O) groups excluding carboxylic acids is 1. The lowest BCUT2D eigenvalue weighted by atomic mass is 10.0. The fourth-order valence-corrected chi connectivity index (χ4v) is 3.01. The minimum atomic E-state index is -0.452. The molecule has 0 radical (unpaired) electrons. The number of hydrogen-bond acceptors (Lipinski definition) is 3. The number of hydrogen-bond donors (Lipinski definition) is 1. The van der Waals surface area contributed by atoms with Gasteiger partial charge in [-0.05, 0) is 24.6 Å². The van der Waals surface area contributed by atoms with Gasteiger partial charge < -0.3 is 15.4 Å². The van der Waals surface area contributed by atoms with Gasteiger partial charge in [-0.15, -0.1) is 0 Å². The third-order valence-electron chi connectivity index (χ3n) is 4.32. The fourth-order valence-electron chi connectivity index (χ4n) is 3.01. The summed E-state index contributed by atoms with van der Waals surface area (Å²) in [6.07, 6.45) is 0.796. The zero-order valence-corrected chi connectivity index (χ0v) is 13.6. The van der Waals surface area contributed by atoms with Crippen molar-refractivity contribution >= 4 is 11.6 Å². The number of fused-ring (bicyclic) bond motifs is 1. The zero-order valence-electron chi connectivity index (χ0n) is 13.6. The number of rotatable bonds is 3. The first-order chi connectivity index (χ1) is 11.6. The lowest BCUT2D eigenvalue weighted by molar-refractivity contribution is -0.119. The van der Waals surface area contributed by atoms with E-state index in [1.54, 1.807) is 17.0 Å². The molecule has 2 atom stereocenters. The van der Waals surface area contributed by atoms with E-state index in [9.17, 15) is 9.18 Å². The predicted octanol–water partition coefficient (Wildman–Crippen LogP) is 3.42. The second-order valence-corrected chi connectivity index (χ2v) is 6.06. The molecule has 0 aromatic heterocycles. The molecule has 0 fully saturated rings. The molecule has 2 N–H and O–H groups in total. The van der Waals surface area contributed by atoms with Gasteiger partial charge in [0.1, 0.15) is 0 Å². The largest absolute Gasteiger partial charge is 0.488 e. The van der Waals surface area contributed by atoms with Gasteiger partial charge in [-0.2, -0.15) is 0 Å². The van der Waals surface area contributed by atoms with Crippen LogP contribution in [0.1, 0.15) is 31.4 Å². The molecular formula is C19H21FN2O2. The minimum absolute atomic E-state index is 0.0801. The van der Waals surface area contributed by atoms with Gasteiger partial charge in [0, 0.05) is 24.9 Å². The zero-order chi connectivity index (χ0) is 17.1. The van der Waals surface area contributed by atoms with Crippen molar-refractivity contribution in [3.8, 4) is 5.75 Å². The van der Waals surface area contributed by atoms with Crippen molar-refractivity contribution in [2.24, 2.45) is 5.73 Å². The van der Waals surface area contributed by atoms with Crippen LogP contribution in [0, 0.1) is 5.82 Å². The van der Waals surface area contributed by atoms with Crippen LogP contribution in [0.2, 0.25) is 0 Å². The number of carbonyl (C=O) groups is 1. The number of benzene rings is 2.